The molecule has 214 valence electrons. The molecule has 14 heteroatoms. The molecule has 0 radical (unpaired) electrons. The number of unbranched alkanes of at least 4 members (excludes halogenated alkanes) is 1. The molecule has 2 saturated heterocycles. The van der Waals surface area contributed by atoms with Crippen molar-refractivity contribution >= 4 is 0 Å². The van der Waals surface area contributed by atoms with Crippen LogP contribution in [0.1, 0.15) is 25.7 Å². The summed E-state index contributed by atoms with van der Waals surface area (Å²) in [6.45, 7) is 1.59. The zero-order valence-corrected chi connectivity index (χ0v) is 20.7. The summed E-state index contributed by atoms with van der Waals surface area (Å²) in [5.74, 6) is 0. The Kier molecular flexibility index (Phi) is 13.9. The summed E-state index contributed by atoms with van der Waals surface area (Å²) < 4.78 is 11.4. The summed E-state index contributed by atoms with van der Waals surface area (Å²) in [6.07, 6.45) is -10.1. The molecule has 2 rings (SSSR count). The number of aliphatic hydroxyl groups excluding tert-OH is 8. The van der Waals surface area contributed by atoms with E-state index < -0.39 is 74.5 Å². The zero-order valence-electron chi connectivity index (χ0n) is 20.7. The van der Waals surface area contributed by atoms with Crippen LogP contribution in [-0.2, 0) is 9.47 Å². The van der Waals surface area contributed by atoms with E-state index in [2.05, 4.69) is 0 Å². The van der Waals surface area contributed by atoms with Gasteiger partial charge in [-0.3, -0.25) is 9.80 Å². The fourth-order valence-corrected chi connectivity index (χ4v) is 4.72. The van der Waals surface area contributed by atoms with Gasteiger partial charge in [0.2, 0.25) is 0 Å². The summed E-state index contributed by atoms with van der Waals surface area (Å²) in [4.78, 5) is 3.63. The second-order valence-corrected chi connectivity index (χ2v) is 9.50. The standard InChI is InChI=1S/C22H46N4O10/c23-5-3-9-25(21-19(33)17(31)15(29)13(11-27)35-21)7-1-2-8-26(10-4-6-24)22-20(34)18(32)16(30)14(12-28)36-22/h13-22,27-34H,1-12,23-24H2/t13-,14-,15-,16-,17+,18+,19+,20+,21?,22?/m1/s1. The van der Waals surface area contributed by atoms with Crippen LogP contribution in [0.15, 0.2) is 0 Å². The highest BCUT2D eigenvalue weighted by Gasteiger charge is 2.46. The molecule has 0 aromatic carbocycles. The summed E-state index contributed by atoms with van der Waals surface area (Å²) in [6, 6.07) is 0. The molecule has 0 aliphatic carbocycles. The smallest absolute Gasteiger partial charge is 0.140 e. The monoisotopic (exact) mass is 526 g/mol. The van der Waals surface area contributed by atoms with Crippen molar-refractivity contribution in [1.82, 2.24) is 9.80 Å². The van der Waals surface area contributed by atoms with Gasteiger partial charge in [-0.05, 0) is 38.8 Å². The molecule has 10 atom stereocenters. The quantitative estimate of drug-likeness (QED) is 0.0897. The SMILES string of the molecule is NCCCN(CCCCN(CCCN)C1O[C@H](CO)[C@@H](O)[C@H](O)[C@@H]1O)C1O[C@H](CO)[C@@H](O)[C@H](O)[C@@H]1O. The van der Waals surface area contributed by atoms with Crippen LogP contribution < -0.4 is 11.5 Å². The van der Waals surface area contributed by atoms with Crippen molar-refractivity contribution in [2.75, 3.05) is 52.5 Å². The first kappa shape index (κ1) is 31.7. The van der Waals surface area contributed by atoms with Gasteiger partial charge in [0.15, 0.2) is 0 Å². The lowest BCUT2D eigenvalue weighted by Gasteiger charge is -2.45. The van der Waals surface area contributed by atoms with Gasteiger partial charge in [0.05, 0.1) is 13.2 Å². The second kappa shape index (κ2) is 15.8. The Hall–Kier alpha value is -0.560. The fourth-order valence-electron chi connectivity index (χ4n) is 4.72. The molecular weight excluding hydrogens is 480 g/mol. The van der Waals surface area contributed by atoms with Crippen molar-refractivity contribution < 1.29 is 50.3 Å². The van der Waals surface area contributed by atoms with Gasteiger partial charge < -0.3 is 61.8 Å². The lowest BCUT2D eigenvalue weighted by Crippen LogP contribution is -2.63. The van der Waals surface area contributed by atoms with Gasteiger partial charge >= 0.3 is 0 Å². The third kappa shape index (κ3) is 7.97. The van der Waals surface area contributed by atoms with Crippen molar-refractivity contribution in [3.63, 3.8) is 0 Å². The Morgan fingerprint density at radius 3 is 1.14 bits per heavy atom. The second-order valence-electron chi connectivity index (χ2n) is 9.50. The van der Waals surface area contributed by atoms with Gasteiger partial charge in [-0.25, -0.2) is 0 Å². The van der Waals surface area contributed by atoms with Crippen LogP contribution in [0, 0.1) is 0 Å². The van der Waals surface area contributed by atoms with Crippen molar-refractivity contribution in [3.05, 3.63) is 0 Å². The van der Waals surface area contributed by atoms with E-state index in [9.17, 15) is 40.9 Å². The van der Waals surface area contributed by atoms with Crippen LogP contribution in [0.3, 0.4) is 0 Å². The van der Waals surface area contributed by atoms with E-state index in [1.54, 1.807) is 0 Å². The summed E-state index contributed by atoms with van der Waals surface area (Å²) >= 11 is 0. The summed E-state index contributed by atoms with van der Waals surface area (Å²) in [5.41, 5.74) is 11.3. The minimum absolute atomic E-state index is 0.401. The van der Waals surface area contributed by atoms with Crippen molar-refractivity contribution in [3.8, 4) is 0 Å². The third-order valence-electron chi connectivity index (χ3n) is 6.89. The van der Waals surface area contributed by atoms with Gasteiger partial charge in [0, 0.05) is 26.2 Å². The minimum atomic E-state index is -1.47. The molecule has 0 aromatic heterocycles. The topological polar surface area (TPSA) is 239 Å². The van der Waals surface area contributed by atoms with E-state index >= 15 is 0 Å². The number of ether oxygens (including phenoxy) is 2. The van der Waals surface area contributed by atoms with Crippen LogP contribution in [0.25, 0.3) is 0 Å². The van der Waals surface area contributed by atoms with E-state index in [4.69, 9.17) is 20.9 Å². The van der Waals surface area contributed by atoms with Gasteiger partial charge in [-0.1, -0.05) is 0 Å². The van der Waals surface area contributed by atoms with Crippen LogP contribution in [0.2, 0.25) is 0 Å². The maximum Gasteiger partial charge on any atom is 0.140 e. The Bertz CT molecular complexity index is 557. The molecule has 2 aliphatic rings. The lowest BCUT2D eigenvalue weighted by molar-refractivity contribution is -0.266. The zero-order chi connectivity index (χ0) is 26.8. The Morgan fingerprint density at radius 1 is 0.500 bits per heavy atom. The highest BCUT2D eigenvalue weighted by Crippen LogP contribution is 2.26. The molecule has 0 amide bonds. The van der Waals surface area contributed by atoms with Gasteiger partial charge in [-0.2, -0.15) is 0 Å². The first-order chi connectivity index (χ1) is 17.2. The largest absolute Gasteiger partial charge is 0.394 e. The molecular formula is C22H46N4O10. The Balaban J connectivity index is 2.01. The summed E-state index contributed by atoms with van der Waals surface area (Å²) in [5, 5.41) is 80.5. The fraction of sp³-hybridized carbons (Fsp3) is 1.00. The molecule has 0 aromatic rings. The van der Waals surface area contributed by atoms with E-state index in [0.29, 0.717) is 65.0 Å². The van der Waals surface area contributed by atoms with E-state index in [-0.39, 0.29) is 0 Å². The van der Waals surface area contributed by atoms with Gasteiger partial charge in [0.25, 0.3) is 0 Å². The molecule has 0 bridgehead atoms. The molecule has 2 aliphatic heterocycles. The number of nitrogens with zero attached hydrogens (tertiary/aromatic N) is 2. The number of hydrogen-bond donors (Lipinski definition) is 10. The predicted molar refractivity (Wildman–Crippen MR) is 127 cm³/mol. The van der Waals surface area contributed by atoms with Crippen LogP contribution >= 0.6 is 0 Å². The molecule has 2 heterocycles. The normalized spacial score (nSPS) is 37.7. The van der Waals surface area contributed by atoms with Crippen molar-refractivity contribution in [2.24, 2.45) is 11.5 Å². The Morgan fingerprint density at radius 2 is 0.833 bits per heavy atom. The van der Waals surface area contributed by atoms with E-state index in [1.807, 2.05) is 9.80 Å². The highest BCUT2D eigenvalue weighted by molar-refractivity contribution is 4.93. The van der Waals surface area contributed by atoms with Crippen molar-refractivity contribution in [2.45, 2.75) is 87.0 Å². The molecule has 0 spiro atoms. The Labute approximate surface area is 211 Å². The number of nitrogens with two attached hydrogens (primary N) is 2. The molecule has 36 heavy (non-hydrogen) atoms. The van der Waals surface area contributed by atoms with Crippen molar-refractivity contribution in [1.29, 1.82) is 0 Å². The minimum Gasteiger partial charge on any atom is -0.394 e. The lowest BCUT2D eigenvalue weighted by atomic mass is 9.97. The number of aliphatic hydroxyl groups is 8. The van der Waals surface area contributed by atoms with E-state index in [0.717, 1.165) is 0 Å². The maximum atomic E-state index is 10.5. The molecule has 0 saturated carbocycles. The van der Waals surface area contributed by atoms with Gasteiger partial charge in [-0.15, -0.1) is 0 Å². The number of hydrogen-bond acceptors (Lipinski definition) is 14. The van der Waals surface area contributed by atoms with Crippen LogP contribution in [-0.4, -0.2) is 164 Å². The number of rotatable bonds is 15. The highest BCUT2D eigenvalue weighted by atomic mass is 16.6. The summed E-state index contributed by atoms with van der Waals surface area (Å²) in [7, 11) is 0. The average Bonchev–Trinajstić information content (AvgIpc) is 2.88. The maximum absolute atomic E-state index is 10.5. The molecule has 12 N–H and O–H groups in total. The van der Waals surface area contributed by atoms with E-state index in [1.165, 1.54) is 0 Å². The van der Waals surface area contributed by atoms with Gasteiger partial charge in [0.1, 0.15) is 61.3 Å². The first-order valence-electron chi connectivity index (χ1n) is 12.7. The van der Waals surface area contributed by atoms with Crippen LogP contribution in [0.5, 0.6) is 0 Å². The average molecular weight is 527 g/mol. The third-order valence-corrected chi connectivity index (χ3v) is 6.89. The predicted octanol–water partition coefficient (Wildman–Crippen LogP) is -5.33. The first-order valence-corrected chi connectivity index (χ1v) is 12.7. The van der Waals surface area contributed by atoms with Crippen LogP contribution in [0.4, 0.5) is 0 Å². The molecule has 2 fully saturated rings. The molecule has 2 unspecified atom stereocenters. The molecule has 14 nitrogen and oxygen atoms in total.